The zero-order valence-corrected chi connectivity index (χ0v) is 8.46. The van der Waals surface area contributed by atoms with Gasteiger partial charge in [0.05, 0.1) is 5.60 Å². The van der Waals surface area contributed by atoms with Crippen molar-refractivity contribution in [3.05, 3.63) is 0 Å². The monoisotopic (exact) mass is 184 g/mol. The zero-order valence-electron chi connectivity index (χ0n) is 8.46. The first-order valence-electron chi connectivity index (χ1n) is 5.28. The molecule has 0 unspecified atom stereocenters. The summed E-state index contributed by atoms with van der Waals surface area (Å²) in [5.41, 5.74) is 6.09. The minimum absolute atomic E-state index is 0.102. The molecule has 2 fully saturated rings. The maximum atomic E-state index is 5.99. The van der Waals surface area contributed by atoms with Crippen LogP contribution in [0.5, 0.6) is 0 Å². The van der Waals surface area contributed by atoms with Gasteiger partial charge >= 0.3 is 0 Å². The minimum atomic E-state index is 0.102. The van der Waals surface area contributed by atoms with Gasteiger partial charge in [-0.1, -0.05) is 0 Å². The molecule has 2 saturated heterocycles. The highest BCUT2D eigenvalue weighted by Gasteiger charge is 2.39. The fraction of sp³-hybridized carbons (Fsp3) is 1.00. The second kappa shape index (κ2) is 3.56. The van der Waals surface area contributed by atoms with E-state index in [2.05, 4.69) is 11.9 Å². The highest BCUT2D eigenvalue weighted by molar-refractivity contribution is 4.93. The molecule has 3 nitrogen and oxygen atoms in total. The van der Waals surface area contributed by atoms with Gasteiger partial charge in [-0.15, -0.1) is 0 Å². The van der Waals surface area contributed by atoms with Gasteiger partial charge in [-0.2, -0.15) is 0 Å². The van der Waals surface area contributed by atoms with Crippen molar-refractivity contribution in [3.63, 3.8) is 0 Å². The Balaban J connectivity index is 2.00. The van der Waals surface area contributed by atoms with Crippen LogP contribution in [0.15, 0.2) is 0 Å². The quantitative estimate of drug-likeness (QED) is 0.599. The van der Waals surface area contributed by atoms with Crippen molar-refractivity contribution in [1.29, 1.82) is 0 Å². The smallest absolute Gasteiger partial charge is 0.0823 e. The van der Waals surface area contributed by atoms with Crippen molar-refractivity contribution in [2.24, 2.45) is 5.73 Å². The molecule has 0 aromatic carbocycles. The van der Waals surface area contributed by atoms with E-state index < -0.39 is 0 Å². The van der Waals surface area contributed by atoms with Gasteiger partial charge in [0.25, 0.3) is 0 Å². The number of likely N-dealkylation sites (tertiary alicyclic amines) is 1. The van der Waals surface area contributed by atoms with Crippen LogP contribution in [-0.4, -0.2) is 43.3 Å². The average Bonchev–Trinajstić information content (AvgIpc) is 2.02. The summed E-state index contributed by atoms with van der Waals surface area (Å²) < 4.78 is 5.93. The number of hydrogen-bond donors (Lipinski definition) is 1. The predicted molar refractivity (Wildman–Crippen MR) is 52.6 cm³/mol. The minimum Gasteiger partial charge on any atom is -0.374 e. The first kappa shape index (κ1) is 9.44. The lowest BCUT2D eigenvalue weighted by molar-refractivity contribution is -0.117. The summed E-state index contributed by atoms with van der Waals surface area (Å²) in [4.78, 5) is 2.36. The van der Waals surface area contributed by atoms with Gasteiger partial charge < -0.3 is 15.4 Å². The van der Waals surface area contributed by atoms with Gasteiger partial charge in [-0.05, 0) is 39.3 Å². The maximum absolute atomic E-state index is 5.99. The molecule has 0 aliphatic carbocycles. The molecular weight excluding hydrogens is 164 g/mol. The van der Waals surface area contributed by atoms with Gasteiger partial charge in [0, 0.05) is 19.2 Å². The van der Waals surface area contributed by atoms with E-state index in [9.17, 15) is 0 Å². The van der Waals surface area contributed by atoms with Crippen molar-refractivity contribution in [1.82, 2.24) is 4.90 Å². The third-order valence-corrected chi connectivity index (χ3v) is 3.26. The molecule has 13 heavy (non-hydrogen) atoms. The molecule has 2 N–H and O–H groups in total. The number of ether oxygens (including phenoxy) is 1. The van der Waals surface area contributed by atoms with Gasteiger partial charge in [0.2, 0.25) is 0 Å². The van der Waals surface area contributed by atoms with Gasteiger partial charge in [-0.25, -0.2) is 0 Å². The maximum Gasteiger partial charge on any atom is 0.0823 e. The Morgan fingerprint density at radius 3 is 3.08 bits per heavy atom. The lowest BCUT2D eigenvalue weighted by Crippen LogP contribution is -2.54. The van der Waals surface area contributed by atoms with Crippen LogP contribution in [0, 0.1) is 0 Å². The van der Waals surface area contributed by atoms with Gasteiger partial charge in [-0.3, -0.25) is 0 Å². The molecule has 2 aliphatic heterocycles. The van der Waals surface area contributed by atoms with E-state index in [1.165, 1.54) is 19.4 Å². The summed E-state index contributed by atoms with van der Waals surface area (Å²) in [5.74, 6) is 0. The summed E-state index contributed by atoms with van der Waals surface area (Å²) in [7, 11) is 2.17. The van der Waals surface area contributed by atoms with Crippen LogP contribution < -0.4 is 5.73 Å². The normalized spacial score (nSPS) is 42.5. The molecule has 0 saturated carbocycles. The predicted octanol–water partition coefficient (Wildman–Crippen LogP) is 0.588. The molecule has 2 heterocycles. The summed E-state index contributed by atoms with van der Waals surface area (Å²) in [6.07, 6.45) is 4.54. The second-order valence-corrected chi connectivity index (χ2v) is 4.63. The Kier molecular flexibility index (Phi) is 2.58. The van der Waals surface area contributed by atoms with E-state index in [0.717, 1.165) is 26.0 Å². The lowest BCUT2D eigenvalue weighted by atomic mass is 9.84. The number of nitrogens with two attached hydrogens (primary N) is 1. The van der Waals surface area contributed by atoms with Crippen LogP contribution in [0.4, 0.5) is 0 Å². The second-order valence-electron chi connectivity index (χ2n) is 4.63. The fourth-order valence-electron chi connectivity index (χ4n) is 2.67. The van der Waals surface area contributed by atoms with Crippen molar-refractivity contribution >= 4 is 0 Å². The standard InChI is InChI=1S/C10H20N2O/c1-12-5-2-4-10(8-12)7-9(11)3-6-13-10/h9H,2-8,11H2,1H3/t9-,10-/m1/s1. The molecule has 0 amide bonds. The van der Waals surface area contributed by atoms with E-state index >= 15 is 0 Å². The lowest BCUT2D eigenvalue weighted by Gasteiger charge is -2.45. The van der Waals surface area contributed by atoms with E-state index in [0.29, 0.717) is 6.04 Å². The molecule has 0 radical (unpaired) electrons. The van der Waals surface area contributed by atoms with Crippen LogP contribution >= 0.6 is 0 Å². The summed E-state index contributed by atoms with van der Waals surface area (Å²) in [6.45, 7) is 3.13. The first-order valence-corrected chi connectivity index (χ1v) is 5.28. The molecule has 2 atom stereocenters. The molecule has 2 aliphatic rings. The average molecular weight is 184 g/mol. The van der Waals surface area contributed by atoms with Gasteiger partial charge in [0.1, 0.15) is 0 Å². The molecule has 0 aromatic heterocycles. The number of rotatable bonds is 0. The van der Waals surface area contributed by atoms with Crippen LogP contribution in [0.1, 0.15) is 25.7 Å². The van der Waals surface area contributed by atoms with Crippen LogP contribution in [0.3, 0.4) is 0 Å². The molecule has 76 valence electrons. The number of nitrogens with zero attached hydrogens (tertiary/aromatic N) is 1. The molecular formula is C10H20N2O. The Morgan fingerprint density at radius 2 is 2.38 bits per heavy atom. The Labute approximate surface area is 80.2 Å². The number of likely N-dealkylation sites (N-methyl/N-ethyl adjacent to an activating group) is 1. The number of hydrogen-bond acceptors (Lipinski definition) is 3. The SMILES string of the molecule is CN1CCC[C@@]2(C[C@H](N)CCO2)C1. The topological polar surface area (TPSA) is 38.5 Å². The van der Waals surface area contributed by atoms with E-state index in [-0.39, 0.29) is 5.60 Å². The van der Waals surface area contributed by atoms with Crippen LogP contribution in [-0.2, 0) is 4.74 Å². The Bertz CT molecular complexity index is 164. The summed E-state index contributed by atoms with van der Waals surface area (Å²) in [5, 5.41) is 0. The molecule has 2 rings (SSSR count). The van der Waals surface area contributed by atoms with Crippen molar-refractivity contribution in [2.45, 2.75) is 37.3 Å². The van der Waals surface area contributed by atoms with E-state index in [1.54, 1.807) is 0 Å². The van der Waals surface area contributed by atoms with Crippen LogP contribution in [0.25, 0.3) is 0 Å². The zero-order chi connectivity index (χ0) is 9.31. The largest absolute Gasteiger partial charge is 0.374 e. The van der Waals surface area contributed by atoms with Crippen molar-refractivity contribution < 1.29 is 4.74 Å². The van der Waals surface area contributed by atoms with Crippen molar-refractivity contribution in [2.75, 3.05) is 26.7 Å². The molecule has 1 spiro atoms. The van der Waals surface area contributed by atoms with E-state index in [4.69, 9.17) is 10.5 Å². The summed E-state index contributed by atoms with van der Waals surface area (Å²) >= 11 is 0. The third-order valence-electron chi connectivity index (χ3n) is 3.26. The van der Waals surface area contributed by atoms with Crippen LogP contribution in [0.2, 0.25) is 0 Å². The molecule has 3 heteroatoms. The van der Waals surface area contributed by atoms with E-state index in [1.807, 2.05) is 0 Å². The highest BCUT2D eigenvalue weighted by Crippen LogP contribution is 2.32. The fourth-order valence-corrected chi connectivity index (χ4v) is 2.67. The first-order chi connectivity index (χ1) is 6.20. The number of piperidine rings is 1. The Hall–Kier alpha value is -0.120. The molecule has 0 aromatic rings. The van der Waals surface area contributed by atoms with Crippen molar-refractivity contribution in [3.8, 4) is 0 Å². The molecule has 0 bridgehead atoms. The van der Waals surface area contributed by atoms with Gasteiger partial charge in [0.15, 0.2) is 0 Å². The highest BCUT2D eigenvalue weighted by atomic mass is 16.5. The summed E-state index contributed by atoms with van der Waals surface area (Å²) in [6, 6.07) is 0.361. The Morgan fingerprint density at radius 1 is 1.54 bits per heavy atom. The third kappa shape index (κ3) is 2.03.